The van der Waals surface area contributed by atoms with E-state index in [1.165, 1.54) is 12.8 Å². The molecule has 1 N–H and O–H groups in total. The highest BCUT2D eigenvalue weighted by atomic mass is 32.1. The van der Waals surface area contributed by atoms with Crippen molar-refractivity contribution in [3.05, 3.63) is 36.0 Å². The van der Waals surface area contributed by atoms with E-state index in [9.17, 15) is 4.79 Å². The Bertz CT molecular complexity index is 866. The summed E-state index contributed by atoms with van der Waals surface area (Å²) in [5, 5.41) is 8.56. The second-order valence-corrected chi connectivity index (χ2v) is 7.45. The number of rotatable bonds is 3. The quantitative estimate of drug-likeness (QED) is 0.821. The smallest absolute Gasteiger partial charge is 0.291 e. The Kier molecular flexibility index (Phi) is 5.11. The van der Waals surface area contributed by atoms with Crippen LogP contribution in [0.2, 0.25) is 0 Å². The van der Waals surface area contributed by atoms with Crippen LogP contribution in [-0.4, -0.2) is 52.3 Å². The first-order valence-corrected chi connectivity index (χ1v) is 9.92. The van der Waals surface area contributed by atoms with Gasteiger partial charge in [0.15, 0.2) is 5.11 Å². The van der Waals surface area contributed by atoms with Gasteiger partial charge in [-0.1, -0.05) is 25.0 Å². The number of amides is 1. The molecule has 1 aromatic heterocycles. The third kappa shape index (κ3) is 3.56. The van der Waals surface area contributed by atoms with Crippen LogP contribution in [0.5, 0.6) is 5.75 Å². The molecule has 0 radical (unpaired) electrons. The number of pyridine rings is 1. The summed E-state index contributed by atoms with van der Waals surface area (Å²) in [5.74, 6) is 0.508. The maximum atomic E-state index is 13.2. The third-order valence-electron chi connectivity index (χ3n) is 5.30. The molecule has 2 fully saturated rings. The van der Waals surface area contributed by atoms with Gasteiger partial charge in [-0.15, -0.1) is 0 Å². The van der Waals surface area contributed by atoms with E-state index in [0.29, 0.717) is 29.1 Å². The van der Waals surface area contributed by atoms with Crippen LogP contribution in [0.25, 0.3) is 10.9 Å². The minimum Gasteiger partial charge on any atom is -0.496 e. The zero-order valence-corrected chi connectivity index (χ0v) is 16.3. The number of hydrogen-bond acceptors (Lipinski definition) is 4. The molecule has 1 aliphatic heterocycles. The molecule has 0 spiro atoms. The first-order chi connectivity index (χ1) is 13.2. The van der Waals surface area contributed by atoms with Gasteiger partial charge in [0, 0.05) is 30.6 Å². The van der Waals surface area contributed by atoms with Crippen LogP contribution in [0, 0.1) is 0 Å². The van der Waals surface area contributed by atoms with Crippen LogP contribution in [0.15, 0.2) is 30.3 Å². The molecule has 0 atom stereocenters. The van der Waals surface area contributed by atoms with E-state index in [-0.39, 0.29) is 5.91 Å². The lowest BCUT2D eigenvalue weighted by atomic mass is 10.1. The number of thiocarbonyl (C=S) groups is 1. The average Bonchev–Trinajstić information content (AvgIpc) is 3.38. The fraction of sp³-hybridized carbons (Fsp3) is 0.450. The zero-order valence-electron chi connectivity index (χ0n) is 15.5. The molecule has 0 unspecified atom stereocenters. The number of carbonyl (C=O) groups is 1. The van der Waals surface area contributed by atoms with Crippen LogP contribution in [0.3, 0.4) is 0 Å². The van der Waals surface area contributed by atoms with Gasteiger partial charge < -0.3 is 10.1 Å². The van der Waals surface area contributed by atoms with Crippen LogP contribution < -0.4 is 10.1 Å². The Morgan fingerprint density at radius 2 is 1.93 bits per heavy atom. The van der Waals surface area contributed by atoms with Gasteiger partial charge in [-0.25, -0.2) is 9.99 Å². The van der Waals surface area contributed by atoms with E-state index in [0.717, 1.165) is 36.7 Å². The van der Waals surface area contributed by atoms with Crippen molar-refractivity contribution < 1.29 is 9.53 Å². The van der Waals surface area contributed by atoms with Crippen molar-refractivity contribution in [2.45, 2.75) is 38.1 Å². The number of fused-ring (bicyclic) bond motifs is 1. The Balaban J connectivity index is 1.57. The van der Waals surface area contributed by atoms with Gasteiger partial charge in [-0.2, -0.15) is 0 Å². The first-order valence-electron chi connectivity index (χ1n) is 9.51. The van der Waals surface area contributed by atoms with Crippen molar-refractivity contribution in [1.82, 2.24) is 20.3 Å². The third-order valence-corrected chi connectivity index (χ3v) is 5.63. The lowest BCUT2D eigenvalue weighted by molar-refractivity contribution is 0.0483. The minimum absolute atomic E-state index is 0.146. The number of ether oxygens (including phenoxy) is 1. The molecule has 142 valence electrons. The predicted octanol–water partition coefficient (Wildman–Crippen LogP) is 3.12. The minimum atomic E-state index is -0.146. The van der Waals surface area contributed by atoms with Crippen molar-refractivity contribution in [2.75, 3.05) is 20.2 Å². The highest BCUT2D eigenvalue weighted by molar-refractivity contribution is 7.80. The van der Waals surface area contributed by atoms with Gasteiger partial charge in [-0.3, -0.25) is 9.80 Å². The molecule has 2 heterocycles. The monoisotopic (exact) mass is 384 g/mol. The number of para-hydroxylation sites is 1. The molecule has 4 rings (SSSR count). The van der Waals surface area contributed by atoms with Crippen LogP contribution >= 0.6 is 12.2 Å². The lowest BCUT2D eigenvalue weighted by Gasteiger charge is -2.31. The Labute approximate surface area is 164 Å². The summed E-state index contributed by atoms with van der Waals surface area (Å²) in [6.45, 7) is 1.39. The Hall–Kier alpha value is -2.41. The molecular formula is C20H24N4O2S. The predicted molar refractivity (Wildman–Crippen MR) is 109 cm³/mol. The molecule has 6 nitrogen and oxygen atoms in total. The zero-order chi connectivity index (χ0) is 18.8. The first kappa shape index (κ1) is 18.0. The van der Waals surface area contributed by atoms with Crippen LogP contribution in [0.1, 0.15) is 42.6 Å². The summed E-state index contributed by atoms with van der Waals surface area (Å²) in [5.41, 5.74) is 1.12. The molecule has 1 aromatic carbocycles. The van der Waals surface area contributed by atoms with Gasteiger partial charge >= 0.3 is 0 Å². The van der Waals surface area contributed by atoms with E-state index in [4.69, 9.17) is 17.0 Å². The summed E-state index contributed by atoms with van der Waals surface area (Å²) in [7, 11) is 1.61. The van der Waals surface area contributed by atoms with Gasteiger partial charge in [0.2, 0.25) is 0 Å². The molecule has 27 heavy (non-hydrogen) atoms. The van der Waals surface area contributed by atoms with E-state index in [1.54, 1.807) is 18.2 Å². The molecule has 0 bridgehead atoms. The number of nitrogens with one attached hydrogen (secondary N) is 1. The normalized spacial score (nSPS) is 17.5. The SMILES string of the molecule is COc1cc(C(=O)N2CCCN2C(=S)NC2CCCC2)nc2ccccc12. The van der Waals surface area contributed by atoms with Crippen molar-refractivity contribution in [2.24, 2.45) is 0 Å². The summed E-state index contributed by atoms with van der Waals surface area (Å²) >= 11 is 5.60. The molecule has 7 heteroatoms. The summed E-state index contributed by atoms with van der Waals surface area (Å²) in [4.78, 5) is 17.8. The van der Waals surface area contributed by atoms with Crippen molar-refractivity contribution in [1.29, 1.82) is 0 Å². The largest absolute Gasteiger partial charge is 0.496 e. The number of benzene rings is 1. The summed E-state index contributed by atoms with van der Waals surface area (Å²) in [6.07, 6.45) is 5.66. The molecule has 2 aromatic rings. The van der Waals surface area contributed by atoms with Crippen LogP contribution in [-0.2, 0) is 0 Å². The topological polar surface area (TPSA) is 57.7 Å². The highest BCUT2D eigenvalue weighted by Gasteiger charge is 2.31. The number of nitrogens with zero attached hydrogens (tertiary/aromatic N) is 3. The second kappa shape index (κ2) is 7.68. The van der Waals surface area contributed by atoms with Gasteiger partial charge in [0.25, 0.3) is 5.91 Å². The molecular weight excluding hydrogens is 360 g/mol. The van der Waals surface area contributed by atoms with Crippen molar-refractivity contribution in [3.8, 4) is 5.75 Å². The lowest BCUT2D eigenvalue weighted by Crippen LogP contribution is -2.51. The highest BCUT2D eigenvalue weighted by Crippen LogP contribution is 2.26. The number of aromatic nitrogens is 1. The van der Waals surface area contributed by atoms with E-state index >= 15 is 0 Å². The van der Waals surface area contributed by atoms with E-state index in [1.807, 2.05) is 29.3 Å². The molecule has 1 aliphatic carbocycles. The van der Waals surface area contributed by atoms with Crippen molar-refractivity contribution >= 4 is 34.1 Å². The Morgan fingerprint density at radius 1 is 1.19 bits per heavy atom. The fourth-order valence-corrected chi connectivity index (χ4v) is 4.26. The molecule has 2 aliphatic rings. The maximum Gasteiger partial charge on any atom is 0.291 e. The van der Waals surface area contributed by atoms with E-state index in [2.05, 4.69) is 10.3 Å². The number of hydrazine groups is 1. The molecule has 1 saturated carbocycles. The molecule has 1 saturated heterocycles. The standard InChI is InChI=1S/C20H24N4O2S/c1-26-18-13-17(22-16-10-5-4-9-15(16)18)19(25)23-11-6-12-24(23)20(27)21-14-7-2-3-8-14/h4-5,9-10,13-14H,2-3,6-8,11-12H2,1H3,(H,21,27). The van der Waals surface area contributed by atoms with Gasteiger partial charge in [0.05, 0.1) is 12.6 Å². The average molecular weight is 385 g/mol. The van der Waals surface area contributed by atoms with E-state index < -0.39 is 0 Å². The summed E-state index contributed by atoms with van der Waals surface area (Å²) < 4.78 is 5.48. The second-order valence-electron chi connectivity index (χ2n) is 7.06. The Morgan fingerprint density at radius 3 is 2.70 bits per heavy atom. The number of carbonyl (C=O) groups excluding carboxylic acids is 1. The summed E-state index contributed by atoms with van der Waals surface area (Å²) in [6, 6.07) is 9.82. The number of methoxy groups -OCH3 is 1. The van der Waals surface area contributed by atoms with Gasteiger partial charge in [0.1, 0.15) is 11.4 Å². The van der Waals surface area contributed by atoms with Crippen LogP contribution in [0.4, 0.5) is 0 Å². The maximum absolute atomic E-state index is 13.2. The number of hydrogen-bond donors (Lipinski definition) is 1. The fourth-order valence-electron chi connectivity index (χ4n) is 3.91. The molecule has 1 amide bonds. The van der Waals surface area contributed by atoms with Crippen molar-refractivity contribution in [3.63, 3.8) is 0 Å². The van der Waals surface area contributed by atoms with Gasteiger partial charge in [-0.05, 0) is 43.6 Å².